The van der Waals surface area contributed by atoms with Gasteiger partial charge in [-0.1, -0.05) is 56.3 Å². The van der Waals surface area contributed by atoms with Crippen LogP contribution in [0.1, 0.15) is 42.3 Å². The van der Waals surface area contributed by atoms with Crippen molar-refractivity contribution >= 4 is 11.0 Å². The average Bonchev–Trinajstić information content (AvgIpc) is 3.56. The van der Waals surface area contributed by atoms with E-state index in [2.05, 4.69) is 137 Å². The van der Waals surface area contributed by atoms with Crippen molar-refractivity contribution in [3.05, 3.63) is 132 Å². The van der Waals surface area contributed by atoms with Gasteiger partial charge >= 0.3 is 11.4 Å². The molecule has 2 aromatic heterocycles. The summed E-state index contributed by atoms with van der Waals surface area (Å²) in [4.78, 5) is 0. The van der Waals surface area contributed by atoms with Crippen LogP contribution in [0.5, 0.6) is 11.5 Å². The van der Waals surface area contributed by atoms with Crippen molar-refractivity contribution in [1.29, 1.82) is 0 Å². The molecule has 1 spiro atoms. The molecule has 4 aromatic carbocycles. The number of para-hydroxylation sites is 2. The van der Waals surface area contributed by atoms with Crippen LogP contribution in [0.3, 0.4) is 0 Å². The molecule has 4 nitrogen and oxygen atoms in total. The molecule has 0 radical (unpaired) electrons. The van der Waals surface area contributed by atoms with E-state index >= 15 is 0 Å². The standard InChI is InChI=1S/C34H25N3O/c1-21(2)22-16-18-23(19-17-22)36-28-13-8-15-30-32(28)37-31-26(11-7-14-29(31)38-30)34(33(36)37)25-10-4-3-9-24(25)27-12-5-6-20-35(27)34/h3-21H,1-2H3/q+2. The predicted octanol–water partition coefficient (Wildman–Crippen LogP) is 6.56. The summed E-state index contributed by atoms with van der Waals surface area (Å²) in [7, 11) is 0. The lowest BCUT2D eigenvalue weighted by Gasteiger charge is -2.20. The molecule has 1 unspecified atom stereocenters. The first-order valence-corrected chi connectivity index (χ1v) is 13.3. The average molecular weight is 492 g/mol. The van der Waals surface area contributed by atoms with Gasteiger partial charge in [0.15, 0.2) is 28.9 Å². The van der Waals surface area contributed by atoms with Crippen molar-refractivity contribution in [3.8, 4) is 34.1 Å². The van der Waals surface area contributed by atoms with Crippen LogP contribution in [0.2, 0.25) is 0 Å². The first-order valence-electron chi connectivity index (χ1n) is 13.3. The highest BCUT2D eigenvalue weighted by Crippen LogP contribution is 2.54. The van der Waals surface area contributed by atoms with E-state index in [1.807, 2.05) is 0 Å². The summed E-state index contributed by atoms with van der Waals surface area (Å²) in [6.07, 6.45) is 2.24. The zero-order valence-electron chi connectivity index (χ0n) is 21.2. The zero-order valence-corrected chi connectivity index (χ0v) is 21.2. The summed E-state index contributed by atoms with van der Waals surface area (Å²) in [5.74, 6) is 3.49. The third-order valence-corrected chi connectivity index (χ3v) is 8.65. The molecule has 5 heterocycles. The van der Waals surface area contributed by atoms with Gasteiger partial charge in [0.2, 0.25) is 11.2 Å². The Morgan fingerprint density at radius 2 is 1.50 bits per heavy atom. The van der Waals surface area contributed by atoms with E-state index in [0.29, 0.717) is 5.92 Å². The molecular weight excluding hydrogens is 466 g/mol. The maximum absolute atomic E-state index is 6.60. The number of hydrogen-bond donors (Lipinski definition) is 0. The molecule has 3 aliphatic heterocycles. The van der Waals surface area contributed by atoms with Crippen LogP contribution in [0, 0.1) is 0 Å². The molecule has 0 bridgehead atoms. The number of ether oxygens (including phenoxy) is 1. The molecular formula is C34H25N3O+2. The Bertz CT molecular complexity index is 1930. The number of benzene rings is 4. The number of nitrogens with zero attached hydrogens (tertiary/aromatic N) is 3. The number of fused-ring (bicyclic) bond motifs is 7. The quantitative estimate of drug-likeness (QED) is 0.251. The summed E-state index contributed by atoms with van der Waals surface area (Å²) in [6, 6.07) is 37.4. The Morgan fingerprint density at radius 1 is 0.737 bits per heavy atom. The summed E-state index contributed by atoms with van der Waals surface area (Å²) >= 11 is 0. The van der Waals surface area contributed by atoms with Gasteiger partial charge < -0.3 is 4.74 Å². The van der Waals surface area contributed by atoms with E-state index in [1.54, 1.807) is 0 Å². The Morgan fingerprint density at radius 3 is 2.37 bits per heavy atom. The highest BCUT2D eigenvalue weighted by Gasteiger charge is 2.68. The van der Waals surface area contributed by atoms with E-state index < -0.39 is 5.54 Å². The number of hydrogen-bond acceptors (Lipinski definition) is 1. The molecule has 0 saturated carbocycles. The van der Waals surface area contributed by atoms with Gasteiger partial charge in [-0.3, -0.25) is 0 Å². The van der Waals surface area contributed by atoms with E-state index in [0.717, 1.165) is 33.9 Å². The van der Waals surface area contributed by atoms with Gasteiger partial charge in [0.1, 0.15) is 5.69 Å². The Kier molecular flexibility index (Phi) is 3.64. The van der Waals surface area contributed by atoms with E-state index in [-0.39, 0.29) is 0 Å². The van der Waals surface area contributed by atoms with E-state index in [4.69, 9.17) is 4.74 Å². The first-order chi connectivity index (χ1) is 18.7. The number of aromatic nitrogens is 3. The van der Waals surface area contributed by atoms with Gasteiger partial charge in [0.25, 0.3) is 0 Å². The molecule has 38 heavy (non-hydrogen) atoms. The minimum atomic E-state index is -0.542. The molecule has 1 atom stereocenters. The number of imidazole rings is 1. The maximum Gasteiger partial charge on any atom is 0.352 e. The second-order valence-electron chi connectivity index (χ2n) is 10.8. The van der Waals surface area contributed by atoms with Crippen molar-refractivity contribution in [2.75, 3.05) is 0 Å². The molecule has 4 heteroatoms. The lowest BCUT2D eigenvalue weighted by molar-refractivity contribution is -0.733. The third-order valence-electron chi connectivity index (χ3n) is 8.65. The fourth-order valence-corrected chi connectivity index (χ4v) is 7.11. The molecule has 0 saturated heterocycles. The third kappa shape index (κ3) is 2.16. The molecule has 3 aliphatic rings. The Hall–Kier alpha value is -4.70. The SMILES string of the molecule is CC(C)c1ccc(-n2c3[n+]4c5c(cccc52)Oc2cccc(c2-4)C32c3ccccc3-c3cccc[n+]32)cc1. The van der Waals surface area contributed by atoms with Crippen LogP contribution in [0.15, 0.2) is 109 Å². The Balaban J connectivity index is 1.53. The van der Waals surface area contributed by atoms with Crippen LogP contribution in [0.25, 0.3) is 33.7 Å². The van der Waals surface area contributed by atoms with Crippen LogP contribution >= 0.6 is 0 Å². The smallest absolute Gasteiger partial charge is 0.352 e. The summed E-state index contributed by atoms with van der Waals surface area (Å²) < 4.78 is 14.0. The van der Waals surface area contributed by atoms with Crippen molar-refractivity contribution in [2.45, 2.75) is 25.3 Å². The minimum absolute atomic E-state index is 0.481. The van der Waals surface area contributed by atoms with Crippen LogP contribution in [-0.4, -0.2) is 4.57 Å². The van der Waals surface area contributed by atoms with Crippen molar-refractivity contribution < 1.29 is 13.9 Å². The largest absolute Gasteiger partial charge is 0.448 e. The molecule has 0 fully saturated rings. The molecule has 0 N–H and O–H groups in total. The lowest BCUT2D eigenvalue weighted by atomic mass is 9.83. The van der Waals surface area contributed by atoms with Gasteiger partial charge in [-0.25, -0.2) is 0 Å². The van der Waals surface area contributed by atoms with E-state index in [1.165, 1.54) is 33.8 Å². The van der Waals surface area contributed by atoms with Gasteiger partial charge in [-0.05, 0) is 60.0 Å². The van der Waals surface area contributed by atoms with E-state index in [9.17, 15) is 0 Å². The van der Waals surface area contributed by atoms with Crippen LogP contribution in [0.4, 0.5) is 0 Å². The van der Waals surface area contributed by atoms with Crippen molar-refractivity contribution in [3.63, 3.8) is 0 Å². The normalized spacial score (nSPS) is 17.2. The summed E-state index contributed by atoms with van der Waals surface area (Å²) in [5.41, 5.74) is 10.4. The predicted molar refractivity (Wildman–Crippen MR) is 146 cm³/mol. The van der Waals surface area contributed by atoms with Crippen molar-refractivity contribution in [1.82, 2.24) is 4.57 Å². The zero-order chi connectivity index (χ0) is 25.2. The van der Waals surface area contributed by atoms with Gasteiger partial charge in [0.05, 0.1) is 16.7 Å². The summed E-state index contributed by atoms with van der Waals surface area (Å²) in [5, 5.41) is 0. The Labute approximate surface area is 220 Å². The monoisotopic (exact) mass is 491 g/mol. The van der Waals surface area contributed by atoms with Crippen molar-refractivity contribution in [2.24, 2.45) is 0 Å². The number of pyridine rings is 1. The topological polar surface area (TPSA) is 21.9 Å². The molecule has 0 aliphatic carbocycles. The molecule has 0 amide bonds. The van der Waals surface area contributed by atoms with Crippen LogP contribution < -0.4 is 13.9 Å². The fraction of sp³-hybridized carbons (Fsp3) is 0.118. The van der Waals surface area contributed by atoms with Gasteiger partial charge in [-0.15, -0.1) is 0 Å². The van der Waals surface area contributed by atoms with Crippen LogP contribution in [-0.2, 0) is 5.54 Å². The molecule has 9 rings (SSSR count). The first kappa shape index (κ1) is 20.4. The molecule has 180 valence electrons. The fourth-order valence-electron chi connectivity index (χ4n) is 7.11. The minimum Gasteiger partial charge on any atom is -0.448 e. The second-order valence-corrected chi connectivity index (χ2v) is 10.8. The maximum atomic E-state index is 6.60. The summed E-state index contributed by atoms with van der Waals surface area (Å²) in [6.45, 7) is 4.49. The van der Waals surface area contributed by atoms with Gasteiger partial charge in [-0.2, -0.15) is 13.7 Å². The second kappa shape index (κ2) is 6.78. The van der Waals surface area contributed by atoms with Gasteiger partial charge in [0, 0.05) is 12.1 Å². The number of rotatable bonds is 2. The molecule has 6 aromatic rings. The lowest BCUT2D eigenvalue weighted by Crippen LogP contribution is -2.57. The highest BCUT2D eigenvalue weighted by molar-refractivity contribution is 5.86. The highest BCUT2D eigenvalue weighted by atomic mass is 16.5.